The molecule has 0 aliphatic carbocycles. The predicted molar refractivity (Wildman–Crippen MR) is 84.6 cm³/mol. The lowest BCUT2D eigenvalue weighted by Crippen LogP contribution is -2.43. The zero-order valence-corrected chi connectivity index (χ0v) is 14.4. The highest BCUT2D eigenvalue weighted by Crippen LogP contribution is 2.33. The molecule has 5 nitrogen and oxygen atoms in total. The van der Waals surface area contributed by atoms with Gasteiger partial charge in [-0.2, -0.15) is 0 Å². The maximum absolute atomic E-state index is 11.8. The number of hydrogen-bond acceptors (Lipinski definition) is 4. The molecule has 0 unspecified atom stereocenters. The summed E-state index contributed by atoms with van der Waals surface area (Å²) in [7, 11) is 0. The molecular weight excluding hydrogens is 338 g/mol. The van der Waals surface area contributed by atoms with Gasteiger partial charge in [0, 0.05) is 10.0 Å². The minimum absolute atomic E-state index is 0.0950. The van der Waals surface area contributed by atoms with Gasteiger partial charge in [0.1, 0.15) is 0 Å². The van der Waals surface area contributed by atoms with Crippen LogP contribution in [-0.2, 0) is 11.4 Å². The van der Waals surface area contributed by atoms with E-state index in [1.165, 1.54) is 0 Å². The standard InChI is InChI=1S/C15H22BrNO4/c1-5-20-12-6-10(8-18)11(16)7-13(12)21-9-14(19)17-15(2,3)4/h6-7,18H,5,8-9H2,1-4H3,(H,17,19). The third-order valence-electron chi connectivity index (χ3n) is 2.46. The summed E-state index contributed by atoms with van der Waals surface area (Å²) in [5.74, 6) is 0.769. The van der Waals surface area contributed by atoms with Crippen LogP contribution in [0, 0.1) is 0 Å². The molecule has 0 atom stereocenters. The number of benzene rings is 1. The largest absolute Gasteiger partial charge is 0.490 e. The minimum Gasteiger partial charge on any atom is -0.490 e. The van der Waals surface area contributed by atoms with Gasteiger partial charge in [0.25, 0.3) is 5.91 Å². The van der Waals surface area contributed by atoms with Crippen LogP contribution in [0.3, 0.4) is 0 Å². The van der Waals surface area contributed by atoms with Crippen LogP contribution in [0.25, 0.3) is 0 Å². The van der Waals surface area contributed by atoms with Gasteiger partial charge in [0.2, 0.25) is 0 Å². The van der Waals surface area contributed by atoms with Gasteiger partial charge in [-0.15, -0.1) is 0 Å². The Morgan fingerprint density at radius 3 is 2.43 bits per heavy atom. The number of ether oxygens (including phenoxy) is 2. The highest BCUT2D eigenvalue weighted by molar-refractivity contribution is 9.10. The molecule has 2 N–H and O–H groups in total. The molecule has 0 bridgehead atoms. The van der Waals surface area contributed by atoms with Crippen molar-refractivity contribution < 1.29 is 19.4 Å². The van der Waals surface area contributed by atoms with Gasteiger partial charge < -0.3 is 19.9 Å². The molecule has 0 aromatic heterocycles. The zero-order valence-electron chi connectivity index (χ0n) is 12.8. The van der Waals surface area contributed by atoms with Gasteiger partial charge in [-0.1, -0.05) is 15.9 Å². The fraction of sp³-hybridized carbons (Fsp3) is 0.533. The van der Waals surface area contributed by atoms with Crippen molar-refractivity contribution in [1.29, 1.82) is 0 Å². The zero-order chi connectivity index (χ0) is 16.0. The van der Waals surface area contributed by atoms with Gasteiger partial charge in [0.05, 0.1) is 13.2 Å². The summed E-state index contributed by atoms with van der Waals surface area (Å²) in [6, 6.07) is 3.39. The smallest absolute Gasteiger partial charge is 0.258 e. The van der Waals surface area contributed by atoms with Crippen molar-refractivity contribution >= 4 is 21.8 Å². The lowest BCUT2D eigenvalue weighted by atomic mass is 10.1. The first-order valence-electron chi connectivity index (χ1n) is 6.76. The number of amides is 1. The van der Waals surface area contributed by atoms with Gasteiger partial charge in [-0.3, -0.25) is 4.79 Å². The van der Waals surface area contributed by atoms with Crippen LogP contribution in [0.15, 0.2) is 16.6 Å². The van der Waals surface area contributed by atoms with Crippen molar-refractivity contribution in [3.8, 4) is 11.5 Å². The van der Waals surface area contributed by atoms with E-state index >= 15 is 0 Å². The number of halogens is 1. The summed E-state index contributed by atoms with van der Waals surface area (Å²) in [6.45, 7) is 7.84. The monoisotopic (exact) mass is 359 g/mol. The summed E-state index contributed by atoms with van der Waals surface area (Å²) in [4.78, 5) is 11.8. The first-order chi connectivity index (χ1) is 9.76. The molecule has 1 rings (SSSR count). The van der Waals surface area contributed by atoms with Crippen LogP contribution >= 0.6 is 15.9 Å². The number of nitrogens with one attached hydrogen (secondary N) is 1. The topological polar surface area (TPSA) is 67.8 Å². The molecule has 1 aromatic rings. The molecule has 0 aliphatic heterocycles. The van der Waals surface area contributed by atoms with E-state index in [2.05, 4.69) is 21.2 Å². The van der Waals surface area contributed by atoms with E-state index in [0.29, 0.717) is 28.1 Å². The van der Waals surface area contributed by atoms with Crippen molar-refractivity contribution in [3.63, 3.8) is 0 Å². The molecule has 0 fully saturated rings. The Morgan fingerprint density at radius 2 is 1.90 bits per heavy atom. The Morgan fingerprint density at radius 1 is 1.29 bits per heavy atom. The molecule has 1 aromatic carbocycles. The average Bonchev–Trinajstić information content (AvgIpc) is 2.36. The fourth-order valence-electron chi connectivity index (χ4n) is 1.68. The average molecular weight is 360 g/mol. The summed E-state index contributed by atoms with van der Waals surface area (Å²) in [5, 5.41) is 12.1. The van der Waals surface area contributed by atoms with Crippen molar-refractivity contribution in [1.82, 2.24) is 5.32 Å². The molecule has 0 spiro atoms. The summed E-state index contributed by atoms with van der Waals surface area (Å²) in [5.41, 5.74) is 0.398. The molecule has 21 heavy (non-hydrogen) atoms. The third kappa shape index (κ3) is 5.93. The lowest BCUT2D eigenvalue weighted by Gasteiger charge is -2.21. The number of carbonyl (C=O) groups is 1. The van der Waals surface area contributed by atoms with Crippen LogP contribution < -0.4 is 14.8 Å². The first kappa shape index (κ1) is 17.8. The normalized spacial score (nSPS) is 11.1. The molecule has 0 radical (unpaired) electrons. The maximum atomic E-state index is 11.8. The maximum Gasteiger partial charge on any atom is 0.258 e. The van der Waals surface area contributed by atoms with Gasteiger partial charge in [-0.05, 0) is 45.4 Å². The Hall–Kier alpha value is -1.27. The Labute approximate surface area is 133 Å². The molecule has 6 heteroatoms. The van der Waals surface area contributed by atoms with Crippen LogP contribution in [0.4, 0.5) is 0 Å². The van der Waals surface area contributed by atoms with Crippen LogP contribution in [-0.4, -0.2) is 29.8 Å². The molecular formula is C15H22BrNO4. The molecule has 118 valence electrons. The summed E-state index contributed by atoms with van der Waals surface area (Å²) in [6.07, 6.45) is 0. The number of rotatable bonds is 6. The Kier molecular flexibility index (Phi) is 6.48. The van der Waals surface area contributed by atoms with Gasteiger partial charge in [-0.25, -0.2) is 0 Å². The summed E-state index contributed by atoms with van der Waals surface area (Å²) >= 11 is 3.35. The van der Waals surface area contributed by atoms with E-state index < -0.39 is 0 Å². The summed E-state index contributed by atoms with van der Waals surface area (Å²) < 4.78 is 11.7. The molecule has 0 saturated carbocycles. The van der Waals surface area contributed by atoms with Crippen molar-refractivity contribution in [3.05, 3.63) is 22.2 Å². The van der Waals surface area contributed by atoms with Crippen LogP contribution in [0.5, 0.6) is 11.5 Å². The highest BCUT2D eigenvalue weighted by Gasteiger charge is 2.16. The van der Waals surface area contributed by atoms with E-state index in [0.717, 1.165) is 0 Å². The van der Waals surface area contributed by atoms with Crippen molar-refractivity contribution in [2.45, 2.75) is 39.8 Å². The van der Waals surface area contributed by atoms with Crippen molar-refractivity contribution in [2.75, 3.05) is 13.2 Å². The molecule has 0 heterocycles. The van der Waals surface area contributed by atoms with E-state index in [4.69, 9.17) is 9.47 Å². The molecule has 0 saturated heterocycles. The minimum atomic E-state index is -0.301. The number of aliphatic hydroxyl groups excluding tert-OH is 1. The lowest BCUT2D eigenvalue weighted by molar-refractivity contribution is -0.124. The van der Waals surface area contributed by atoms with E-state index in [9.17, 15) is 9.90 Å². The Bertz CT molecular complexity index is 497. The SMILES string of the molecule is CCOc1cc(CO)c(Br)cc1OCC(=O)NC(C)(C)C. The molecule has 1 amide bonds. The van der Waals surface area contributed by atoms with E-state index in [-0.39, 0.29) is 24.7 Å². The fourth-order valence-corrected chi connectivity index (χ4v) is 2.12. The number of carbonyl (C=O) groups excluding carboxylic acids is 1. The quantitative estimate of drug-likeness (QED) is 0.819. The number of hydrogen-bond donors (Lipinski definition) is 2. The predicted octanol–water partition coefficient (Wildman–Crippen LogP) is 2.63. The van der Waals surface area contributed by atoms with Gasteiger partial charge in [0.15, 0.2) is 18.1 Å². The second-order valence-electron chi connectivity index (χ2n) is 5.57. The molecule has 0 aliphatic rings. The second-order valence-corrected chi connectivity index (χ2v) is 6.42. The highest BCUT2D eigenvalue weighted by atomic mass is 79.9. The third-order valence-corrected chi connectivity index (χ3v) is 3.19. The van der Waals surface area contributed by atoms with E-state index in [1.807, 2.05) is 27.7 Å². The second kappa shape index (κ2) is 7.66. The number of aliphatic hydroxyl groups is 1. The first-order valence-corrected chi connectivity index (χ1v) is 7.56. The van der Waals surface area contributed by atoms with E-state index in [1.54, 1.807) is 12.1 Å². The van der Waals surface area contributed by atoms with Crippen LogP contribution in [0.2, 0.25) is 0 Å². The van der Waals surface area contributed by atoms with Crippen LogP contribution in [0.1, 0.15) is 33.3 Å². The Balaban J connectivity index is 2.82. The van der Waals surface area contributed by atoms with Gasteiger partial charge >= 0.3 is 0 Å². The van der Waals surface area contributed by atoms with Crippen molar-refractivity contribution in [2.24, 2.45) is 0 Å².